The van der Waals surface area contributed by atoms with Crippen LogP contribution in [0, 0.1) is 11.6 Å². The van der Waals surface area contributed by atoms with Crippen molar-refractivity contribution in [1.29, 1.82) is 0 Å². The van der Waals surface area contributed by atoms with Gasteiger partial charge in [-0.3, -0.25) is 4.98 Å². The van der Waals surface area contributed by atoms with Gasteiger partial charge in [-0.15, -0.1) is 0 Å². The van der Waals surface area contributed by atoms with Gasteiger partial charge in [0.25, 0.3) is 0 Å². The van der Waals surface area contributed by atoms with E-state index in [2.05, 4.69) is 49.7 Å². The number of rotatable bonds is 15. The molecular weight excluding hydrogens is 468 g/mol. The molecule has 0 amide bonds. The zero-order chi connectivity index (χ0) is 26.5. The van der Waals surface area contributed by atoms with E-state index in [4.69, 9.17) is 9.47 Å². The summed E-state index contributed by atoms with van der Waals surface area (Å²) < 4.78 is 39.9. The number of allylic oxidation sites excluding steroid dienone is 1. The molecule has 1 aromatic heterocycles. The zero-order valence-electron chi connectivity index (χ0n) is 21.9. The standard InChI is InChI=1S/C32H37F2NO2/c1-4-6-10-22-36-24(3)11-8-7-9-12-25-13-15-26(16-14-25)29-19-17-27(23-35-29)28-18-20-30(37-21-5-2)32(34)31(28)33/h5,9,12-20,23-24H,2,4,6-8,10-11,21-22H2,1,3H3/b12-9+. The first-order chi connectivity index (χ1) is 18.0. The summed E-state index contributed by atoms with van der Waals surface area (Å²) in [6, 6.07) is 14.6. The van der Waals surface area contributed by atoms with Crippen LogP contribution in [0.3, 0.4) is 0 Å². The molecule has 3 rings (SSSR count). The molecule has 0 radical (unpaired) electrons. The maximum absolute atomic E-state index is 14.6. The Morgan fingerprint density at radius 3 is 2.43 bits per heavy atom. The van der Waals surface area contributed by atoms with E-state index in [-0.39, 0.29) is 17.9 Å². The Bertz CT molecular complexity index is 1140. The lowest BCUT2D eigenvalue weighted by atomic mass is 10.0. The maximum atomic E-state index is 14.6. The van der Waals surface area contributed by atoms with Gasteiger partial charge in [0.15, 0.2) is 11.6 Å². The third-order valence-electron chi connectivity index (χ3n) is 6.13. The molecule has 0 N–H and O–H groups in total. The topological polar surface area (TPSA) is 31.4 Å². The van der Waals surface area contributed by atoms with E-state index in [1.165, 1.54) is 31.1 Å². The van der Waals surface area contributed by atoms with Crippen molar-refractivity contribution in [3.63, 3.8) is 0 Å². The quantitative estimate of drug-likeness (QED) is 0.152. The Kier molecular flexibility index (Phi) is 11.5. The van der Waals surface area contributed by atoms with Crippen LogP contribution in [0.1, 0.15) is 57.9 Å². The second kappa shape index (κ2) is 15.1. The normalized spacial score (nSPS) is 12.1. The average Bonchev–Trinajstić information content (AvgIpc) is 2.92. The number of ether oxygens (including phenoxy) is 2. The molecule has 5 heteroatoms. The van der Waals surface area contributed by atoms with Crippen LogP contribution in [-0.2, 0) is 4.74 Å². The summed E-state index contributed by atoms with van der Waals surface area (Å²) in [6.07, 6.45) is 14.5. The average molecular weight is 506 g/mol. The summed E-state index contributed by atoms with van der Waals surface area (Å²) in [5.74, 6) is -2.11. The Labute approximate surface area is 219 Å². The van der Waals surface area contributed by atoms with Crippen molar-refractivity contribution in [3.8, 4) is 28.1 Å². The van der Waals surface area contributed by atoms with Crippen LogP contribution in [0.15, 0.2) is 73.5 Å². The minimum Gasteiger partial charge on any atom is -0.486 e. The monoisotopic (exact) mass is 505 g/mol. The SMILES string of the molecule is C=CCOc1ccc(-c2ccc(-c3ccc(/C=C/CCCC(C)OCCCCC)cc3)nc2)c(F)c1F. The Morgan fingerprint density at radius 2 is 1.73 bits per heavy atom. The number of unbranched alkanes of at least 4 members (excludes halogenated alkanes) is 3. The summed E-state index contributed by atoms with van der Waals surface area (Å²) in [6.45, 7) is 8.84. The van der Waals surface area contributed by atoms with Gasteiger partial charge >= 0.3 is 0 Å². The van der Waals surface area contributed by atoms with Crippen LogP contribution >= 0.6 is 0 Å². The van der Waals surface area contributed by atoms with E-state index in [0.29, 0.717) is 11.7 Å². The minimum absolute atomic E-state index is 0.106. The van der Waals surface area contributed by atoms with Crippen LogP contribution in [0.4, 0.5) is 8.78 Å². The predicted molar refractivity (Wildman–Crippen MR) is 149 cm³/mol. The number of pyridine rings is 1. The van der Waals surface area contributed by atoms with E-state index in [9.17, 15) is 8.78 Å². The third-order valence-corrected chi connectivity index (χ3v) is 6.13. The Hall–Kier alpha value is -3.31. The van der Waals surface area contributed by atoms with Crippen LogP contribution in [0.5, 0.6) is 5.75 Å². The number of benzene rings is 2. The molecule has 196 valence electrons. The van der Waals surface area contributed by atoms with Crippen molar-refractivity contribution in [2.24, 2.45) is 0 Å². The lowest BCUT2D eigenvalue weighted by molar-refractivity contribution is 0.0566. The molecule has 0 fully saturated rings. The second-order valence-electron chi connectivity index (χ2n) is 9.11. The molecule has 3 aromatic rings. The van der Waals surface area contributed by atoms with E-state index in [1.807, 2.05) is 18.2 Å². The van der Waals surface area contributed by atoms with Gasteiger partial charge in [0.2, 0.25) is 5.82 Å². The minimum atomic E-state index is -1.02. The molecule has 1 unspecified atom stereocenters. The number of hydrogen-bond acceptors (Lipinski definition) is 3. The van der Waals surface area contributed by atoms with Gasteiger partial charge in [0.05, 0.1) is 11.8 Å². The fraction of sp³-hybridized carbons (Fsp3) is 0.344. The van der Waals surface area contributed by atoms with Gasteiger partial charge < -0.3 is 9.47 Å². The summed E-state index contributed by atoms with van der Waals surface area (Å²) in [5.41, 5.74) is 3.48. The molecule has 0 aliphatic heterocycles. The van der Waals surface area contributed by atoms with Gasteiger partial charge in [-0.1, -0.05) is 74.9 Å². The highest BCUT2D eigenvalue weighted by Gasteiger charge is 2.16. The van der Waals surface area contributed by atoms with Crippen molar-refractivity contribution in [3.05, 3.63) is 90.7 Å². The van der Waals surface area contributed by atoms with Crippen molar-refractivity contribution < 1.29 is 18.3 Å². The van der Waals surface area contributed by atoms with Crippen LogP contribution in [0.25, 0.3) is 28.5 Å². The molecule has 1 heterocycles. The fourth-order valence-electron chi connectivity index (χ4n) is 3.97. The summed E-state index contributed by atoms with van der Waals surface area (Å²) in [7, 11) is 0. The van der Waals surface area contributed by atoms with Gasteiger partial charge in [0, 0.05) is 29.5 Å². The van der Waals surface area contributed by atoms with Crippen molar-refractivity contribution in [2.75, 3.05) is 13.2 Å². The lowest BCUT2D eigenvalue weighted by Gasteiger charge is -2.12. The molecule has 37 heavy (non-hydrogen) atoms. The van der Waals surface area contributed by atoms with Gasteiger partial charge in [0.1, 0.15) is 6.61 Å². The Morgan fingerprint density at radius 1 is 0.946 bits per heavy atom. The molecule has 0 saturated heterocycles. The van der Waals surface area contributed by atoms with E-state index in [1.54, 1.807) is 12.3 Å². The molecule has 0 bridgehead atoms. The summed E-state index contributed by atoms with van der Waals surface area (Å²) in [4.78, 5) is 4.47. The van der Waals surface area contributed by atoms with E-state index in [0.717, 1.165) is 49.1 Å². The second-order valence-corrected chi connectivity index (χ2v) is 9.11. The zero-order valence-corrected chi connectivity index (χ0v) is 21.9. The molecule has 3 nitrogen and oxygen atoms in total. The lowest BCUT2D eigenvalue weighted by Crippen LogP contribution is -2.08. The highest BCUT2D eigenvalue weighted by Crippen LogP contribution is 2.30. The largest absolute Gasteiger partial charge is 0.486 e. The first-order valence-corrected chi connectivity index (χ1v) is 13.1. The van der Waals surface area contributed by atoms with E-state index >= 15 is 0 Å². The molecule has 1 atom stereocenters. The number of aromatic nitrogens is 1. The third kappa shape index (κ3) is 8.64. The summed E-state index contributed by atoms with van der Waals surface area (Å²) in [5, 5.41) is 0. The van der Waals surface area contributed by atoms with Crippen molar-refractivity contribution >= 4 is 6.08 Å². The van der Waals surface area contributed by atoms with Crippen LogP contribution in [-0.4, -0.2) is 24.3 Å². The first-order valence-electron chi connectivity index (χ1n) is 13.1. The van der Waals surface area contributed by atoms with Crippen LogP contribution < -0.4 is 4.74 Å². The van der Waals surface area contributed by atoms with Gasteiger partial charge in [-0.05, 0) is 56.4 Å². The number of halogens is 2. The Balaban J connectivity index is 1.52. The first kappa shape index (κ1) is 28.3. The molecule has 0 aliphatic carbocycles. The van der Waals surface area contributed by atoms with Crippen molar-refractivity contribution in [2.45, 2.75) is 58.5 Å². The van der Waals surface area contributed by atoms with Crippen LogP contribution in [0.2, 0.25) is 0 Å². The van der Waals surface area contributed by atoms with Gasteiger partial charge in [-0.25, -0.2) is 4.39 Å². The van der Waals surface area contributed by atoms with Gasteiger partial charge in [-0.2, -0.15) is 4.39 Å². The number of hydrogen-bond donors (Lipinski definition) is 0. The molecular formula is C32H37F2NO2. The molecule has 0 saturated carbocycles. The predicted octanol–water partition coefficient (Wildman–Crippen LogP) is 9.04. The van der Waals surface area contributed by atoms with E-state index < -0.39 is 11.6 Å². The highest BCUT2D eigenvalue weighted by atomic mass is 19.2. The highest BCUT2D eigenvalue weighted by molar-refractivity contribution is 5.68. The molecule has 0 spiro atoms. The molecule has 0 aliphatic rings. The summed E-state index contributed by atoms with van der Waals surface area (Å²) >= 11 is 0. The maximum Gasteiger partial charge on any atom is 0.201 e. The molecule has 2 aromatic carbocycles. The smallest absolute Gasteiger partial charge is 0.201 e. The van der Waals surface area contributed by atoms with Crippen molar-refractivity contribution in [1.82, 2.24) is 4.98 Å². The fourth-order valence-corrected chi connectivity index (χ4v) is 3.97. The number of nitrogens with zero attached hydrogens (tertiary/aromatic N) is 1.